The highest BCUT2D eigenvalue weighted by molar-refractivity contribution is 7.16. The second kappa shape index (κ2) is 5.39. The number of nitrogens with two attached hydrogens (primary N) is 1. The zero-order valence-corrected chi connectivity index (χ0v) is 12.5. The Morgan fingerprint density at radius 2 is 2.00 bits per heavy atom. The van der Waals surface area contributed by atoms with Crippen LogP contribution in [0, 0.1) is 6.92 Å². The third kappa shape index (κ3) is 2.91. The maximum absolute atomic E-state index is 6.04. The van der Waals surface area contributed by atoms with E-state index in [-0.39, 0.29) is 6.04 Å². The smallest absolute Gasteiger partial charge is 0.0932 e. The van der Waals surface area contributed by atoms with Crippen molar-refractivity contribution in [1.29, 1.82) is 0 Å². The van der Waals surface area contributed by atoms with E-state index in [4.69, 9.17) is 28.9 Å². The molecule has 0 aliphatic rings. The summed E-state index contributed by atoms with van der Waals surface area (Å²) in [5, 5.41) is 3.99. The van der Waals surface area contributed by atoms with E-state index in [1.807, 2.05) is 31.2 Å². The van der Waals surface area contributed by atoms with E-state index < -0.39 is 0 Å². The predicted molar refractivity (Wildman–Crippen MR) is 82.0 cm³/mol. The number of rotatable bonds is 3. The first-order valence-corrected chi connectivity index (χ1v) is 7.12. The summed E-state index contributed by atoms with van der Waals surface area (Å²) in [6.45, 7) is 4.09. The Morgan fingerprint density at radius 1 is 1.28 bits per heavy atom. The standard InChI is InChI=1S/C13H14Cl2N2S/c1-7-5-10(16)9(14)6-11(7)17-8(2)12-3-4-13(15)18-12/h3-6,8,17H,16H2,1-2H3. The van der Waals surface area contributed by atoms with Crippen molar-refractivity contribution in [2.75, 3.05) is 11.1 Å². The monoisotopic (exact) mass is 300 g/mol. The number of nitrogen functional groups attached to an aromatic ring is 1. The van der Waals surface area contributed by atoms with Gasteiger partial charge in [0.15, 0.2) is 0 Å². The minimum absolute atomic E-state index is 0.181. The van der Waals surface area contributed by atoms with E-state index in [0.717, 1.165) is 15.6 Å². The van der Waals surface area contributed by atoms with Crippen molar-refractivity contribution in [2.24, 2.45) is 0 Å². The van der Waals surface area contributed by atoms with E-state index in [1.165, 1.54) is 4.88 Å². The van der Waals surface area contributed by atoms with Crippen LogP contribution < -0.4 is 11.1 Å². The van der Waals surface area contributed by atoms with Crippen molar-refractivity contribution in [2.45, 2.75) is 19.9 Å². The number of anilines is 2. The number of hydrogen-bond donors (Lipinski definition) is 2. The molecule has 0 saturated carbocycles. The second-order valence-corrected chi connectivity index (χ2v) is 6.35. The van der Waals surface area contributed by atoms with E-state index in [9.17, 15) is 0 Å². The van der Waals surface area contributed by atoms with Gasteiger partial charge in [0.25, 0.3) is 0 Å². The molecule has 1 aromatic heterocycles. The number of benzene rings is 1. The quantitative estimate of drug-likeness (QED) is 0.772. The summed E-state index contributed by atoms with van der Waals surface area (Å²) in [6, 6.07) is 7.85. The van der Waals surface area contributed by atoms with Crippen LogP contribution in [-0.4, -0.2) is 0 Å². The highest BCUT2D eigenvalue weighted by Gasteiger charge is 2.10. The predicted octanol–water partition coefficient (Wildman–Crippen LogP) is 5.12. The lowest BCUT2D eigenvalue weighted by Gasteiger charge is -2.16. The van der Waals surface area contributed by atoms with Crippen LogP contribution in [0.1, 0.15) is 23.4 Å². The molecule has 1 atom stereocenters. The topological polar surface area (TPSA) is 38.0 Å². The lowest BCUT2D eigenvalue weighted by Crippen LogP contribution is -2.06. The molecule has 1 heterocycles. The van der Waals surface area contributed by atoms with Crippen LogP contribution in [0.2, 0.25) is 9.36 Å². The SMILES string of the molecule is Cc1cc(N)c(Cl)cc1NC(C)c1ccc(Cl)s1. The van der Waals surface area contributed by atoms with E-state index in [1.54, 1.807) is 11.3 Å². The van der Waals surface area contributed by atoms with Crippen molar-refractivity contribution < 1.29 is 0 Å². The molecule has 0 saturated heterocycles. The van der Waals surface area contributed by atoms with Crippen LogP contribution >= 0.6 is 34.5 Å². The van der Waals surface area contributed by atoms with E-state index in [0.29, 0.717) is 10.7 Å². The van der Waals surface area contributed by atoms with Crippen LogP contribution in [0.25, 0.3) is 0 Å². The van der Waals surface area contributed by atoms with Crippen molar-refractivity contribution in [3.63, 3.8) is 0 Å². The molecule has 0 amide bonds. The third-order valence-corrected chi connectivity index (χ3v) is 4.48. The normalized spacial score (nSPS) is 12.4. The molecule has 2 aromatic rings. The van der Waals surface area contributed by atoms with Crippen LogP contribution in [0.15, 0.2) is 24.3 Å². The molecule has 18 heavy (non-hydrogen) atoms. The summed E-state index contributed by atoms with van der Waals surface area (Å²) in [5.74, 6) is 0. The van der Waals surface area contributed by atoms with Gasteiger partial charge in [0.1, 0.15) is 0 Å². The Kier molecular flexibility index (Phi) is 4.05. The van der Waals surface area contributed by atoms with Crippen molar-refractivity contribution >= 4 is 45.9 Å². The molecule has 1 unspecified atom stereocenters. The van der Waals surface area contributed by atoms with Gasteiger partial charge in [0.05, 0.1) is 21.1 Å². The first-order chi connectivity index (χ1) is 8.47. The van der Waals surface area contributed by atoms with Crippen molar-refractivity contribution in [3.8, 4) is 0 Å². The molecule has 0 radical (unpaired) electrons. The van der Waals surface area contributed by atoms with Gasteiger partial charge in [-0.15, -0.1) is 11.3 Å². The Bertz CT molecular complexity index is 566. The summed E-state index contributed by atoms with van der Waals surface area (Å²) in [6.07, 6.45) is 0. The minimum Gasteiger partial charge on any atom is -0.398 e. The summed E-state index contributed by atoms with van der Waals surface area (Å²) < 4.78 is 0.797. The zero-order chi connectivity index (χ0) is 13.3. The first-order valence-electron chi connectivity index (χ1n) is 5.54. The minimum atomic E-state index is 0.181. The molecular formula is C13H14Cl2N2S. The molecule has 0 fully saturated rings. The number of aryl methyl sites for hydroxylation is 1. The van der Waals surface area contributed by atoms with Crippen LogP contribution in [-0.2, 0) is 0 Å². The van der Waals surface area contributed by atoms with E-state index in [2.05, 4.69) is 12.2 Å². The fourth-order valence-corrected chi connectivity index (χ4v) is 2.95. The molecule has 0 aliphatic carbocycles. The molecule has 96 valence electrons. The second-order valence-electron chi connectivity index (χ2n) is 4.20. The number of thiophene rings is 1. The van der Waals surface area contributed by atoms with Gasteiger partial charge >= 0.3 is 0 Å². The van der Waals surface area contributed by atoms with Gasteiger partial charge in [-0.3, -0.25) is 0 Å². The van der Waals surface area contributed by atoms with E-state index >= 15 is 0 Å². The maximum atomic E-state index is 6.04. The molecule has 3 N–H and O–H groups in total. The summed E-state index contributed by atoms with van der Waals surface area (Å²) in [5.41, 5.74) is 8.43. The van der Waals surface area contributed by atoms with Gasteiger partial charge in [-0.25, -0.2) is 0 Å². The van der Waals surface area contributed by atoms with Gasteiger partial charge in [0, 0.05) is 10.6 Å². The molecular weight excluding hydrogens is 287 g/mol. The molecule has 2 rings (SSSR count). The maximum Gasteiger partial charge on any atom is 0.0932 e. The number of nitrogens with one attached hydrogen (secondary N) is 1. The Hall–Kier alpha value is -0.900. The molecule has 0 aliphatic heterocycles. The summed E-state index contributed by atoms with van der Waals surface area (Å²) in [4.78, 5) is 1.19. The Morgan fingerprint density at radius 3 is 2.61 bits per heavy atom. The molecule has 2 nitrogen and oxygen atoms in total. The first kappa shape index (κ1) is 13.5. The fraction of sp³-hybridized carbons (Fsp3) is 0.231. The fourth-order valence-electron chi connectivity index (χ4n) is 1.72. The molecule has 0 bridgehead atoms. The van der Waals surface area contributed by atoms with Crippen LogP contribution in [0.5, 0.6) is 0 Å². The van der Waals surface area contributed by atoms with Crippen molar-refractivity contribution in [1.82, 2.24) is 0 Å². The highest BCUT2D eigenvalue weighted by atomic mass is 35.5. The van der Waals surface area contributed by atoms with Crippen LogP contribution in [0.3, 0.4) is 0 Å². The van der Waals surface area contributed by atoms with Gasteiger partial charge in [0.2, 0.25) is 0 Å². The third-order valence-electron chi connectivity index (χ3n) is 2.74. The Balaban J connectivity index is 2.21. The zero-order valence-electron chi connectivity index (χ0n) is 10.1. The summed E-state index contributed by atoms with van der Waals surface area (Å²) >= 11 is 13.5. The number of halogens is 2. The average molecular weight is 301 g/mol. The largest absolute Gasteiger partial charge is 0.398 e. The van der Waals surface area contributed by atoms with Gasteiger partial charge < -0.3 is 11.1 Å². The molecule has 5 heteroatoms. The number of hydrogen-bond acceptors (Lipinski definition) is 3. The highest BCUT2D eigenvalue weighted by Crippen LogP contribution is 2.32. The lowest BCUT2D eigenvalue weighted by atomic mass is 10.1. The van der Waals surface area contributed by atoms with Gasteiger partial charge in [-0.05, 0) is 43.7 Å². The van der Waals surface area contributed by atoms with Gasteiger partial charge in [-0.2, -0.15) is 0 Å². The average Bonchev–Trinajstić information content (AvgIpc) is 2.73. The van der Waals surface area contributed by atoms with Gasteiger partial charge in [-0.1, -0.05) is 23.2 Å². The molecule has 1 aromatic carbocycles. The van der Waals surface area contributed by atoms with Crippen LogP contribution in [0.4, 0.5) is 11.4 Å². The Labute approximate surface area is 121 Å². The molecule has 0 spiro atoms. The summed E-state index contributed by atoms with van der Waals surface area (Å²) in [7, 11) is 0. The lowest BCUT2D eigenvalue weighted by molar-refractivity contribution is 0.906. The van der Waals surface area contributed by atoms with Crippen molar-refractivity contribution in [3.05, 3.63) is 44.1 Å².